The Bertz CT molecular complexity index is 642. The molecule has 130 valence electrons. The van der Waals surface area contributed by atoms with Crippen LogP contribution >= 0.6 is 0 Å². The molecule has 0 spiro atoms. The fourth-order valence-corrected chi connectivity index (χ4v) is 3.78. The second-order valence-corrected chi connectivity index (χ2v) is 7.77. The Balaban J connectivity index is 1.82. The third-order valence-electron chi connectivity index (χ3n) is 4.79. The first-order chi connectivity index (χ1) is 11.4. The molecule has 3 rings (SSSR count). The molecule has 0 radical (unpaired) electrons. The molecule has 0 heterocycles. The summed E-state index contributed by atoms with van der Waals surface area (Å²) in [5.41, 5.74) is 1.81. The van der Waals surface area contributed by atoms with Crippen molar-refractivity contribution in [3.05, 3.63) is 18.2 Å². The molecule has 0 amide bonds. The minimum Gasteiger partial charge on any atom is -0.493 e. The number of hydrogen-bond acceptors (Lipinski definition) is 4. The summed E-state index contributed by atoms with van der Waals surface area (Å²) in [4.78, 5) is 16.7. The second-order valence-electron chi connectivity index (χ2n) is 7.77. The summed E-state index contributed by atoms with van der Waals surface area (Å²) in [6, 6.07) is 5.77. The predicted molar refractivity (Wildman–Crippen MR) is 95.6 cm³/mol. The van der Waals surface area contributed by atoms with Crippen molar-refractivity contribution < 1.29 is 14.3 Å². The smallest absolute Gasteiger partial charge is 0.163 e. The lowest BCUT2D eigenvalue weighted by Crippen LogP contribution is -2.28. The zero-order valence-corrected chi connectivity index (χ0v) is 14.9. The summed E-state index contributed by atoms with van der Waals surface area (Å²) in [6.07, 6.45) is 6.91. The average Bonchev–Trinajstić information content (AvgIpc) is 2.98. The van der Waals surface area contributed by atoms with Gasteiger partial charge >= 0.3 is 0 Å². The van der Waals surface area contributed by atoms with E-state index in [1.54, 1.807) is 7.11 Å². The van der Waals surface area contributed by atoms with E-state index in [1.807, 2.05) is 18.2 Å². The van der Waals surface area contributed by atoms with Crippen LogP contribution in [0.5, 0.6) is 11.5 Å². The maximum absolute atomic E-state index is 12.0. The van der Waals surface area contributed by atoms with Crippen LogP contribution in [0.4, 0.5) is 5.69 Å². The van der Waals surface area contributed by atoms with Gasteiger partial charge in [0.05, 0.1) is 18.9 Å². The molecule has 24 heavy (non-hydrogen) atoms. The molecule has 2 aliphatic rings. The first kappa shape index (κ1) is 17.0. The predicted octanol–water partition coefficient (Wildman–Crippen LogP) is 4.87. The Morgan fingerprint density at radius 2 is 1.88 bits per heavy atom. The maximum atomic E-state index is 12.0. The monoisotopic (exact) mass is 329 g/mol. The van der Waals surface area contributed by atoms with Gasteiger partial charge in [0.15, 0.2) is 11.5 Å². The quantitative estimate of drug-likeness (QED) is 0.792. The maximum Gasteiger partial charge on any atom is 0.163 e. The second kappa shape index (κ2) is 6.96. The molecule has 0 aromatic heterocycles. The number of nitrogens with zero attached hydrogens (tertiary/aromatic N) is 1. The molecule has 0 bridgehead atoms. The van der Waals surface area contributed by atoms with Crippen molar-refractivity contribution in [1.82, 2.24) is 0 Å². The molecule has 0 unspecified atom stereocenters. The summed E-state index contributed by atoms with van der Waals surface area (Å²) in [5, 5.41) is 0. The summed E-state index contributed by atoms with van der Waals surface area (Å²) < 4.78 is 11.6. The molecule has 1 aromatic rings. The number of carbonyl (C=O) groups excluding carboxylic acids is 1. The number of ether oxygens (including phenoxy) is 2. The lowest BCUT2D eigenvalue weighted by Gasteiger charge is -2.29. The Hall–Kier alpha value is -1.84. The van der Waals surface area contributed by atoms with Crippen LogP contribution in [-0.2, 0) is 4.79 Å². The average molecular weight is 329 g/mol. The zero-order chi connectivity index (χ0) is 17.2. The Morgan fingerprint density at radius 3 is 2.54 bits per heavy atom. The van der Waals surface area contributed by atoms with Crippen LogP contribution in [0, 0.1) is 5.41 Å². The number of hydrogen-bond donors (Lipinski definition) is 0. The van der Waals surface area contributed by atoms with Gasteiger partial charge in [-0.1, -0.05) is 13.8 Å². The fourth-order valence-electron chi connectivity index (χ4n) is 3.78. The molecule has 0 atom stereocenters. The van der Waals surface area contributed by atoms with E-state index in [4.69, 9.17) is 14.5 Å². The van der Waals surface area contributed by atoms with Crippen LogP contribution in [0.2, 0.25) is 0 Å². The number of ketones is 1. The summed E-state index contributed by atoms with van der Waals surface area (Å²) in [7, 11) is 1.66. The molecule has 1 aromatic carbocycles. The number of aliphatic imine (C=N–C) groups is 1. The zero-order valence-electron chi connectivity index (χ0n) is 14.9. The molecule has 4 heteroatoms. The van der Waals surface area contributed by atoms with Crippen LogP contribution in [-0.4, -0.2) is 24.7 Å². The Kier molecular flexibility index (Phi) is 4.93. The van der Waals surface area contributed by atoms with E-state index in [0.717, 1.165) is 42.2 Å². The van der Waals surface area contributed by atoms with Crippen molar-refractivity contribution in [3.63, 3.8) is 0 Å². The van der Waals surface area contributed by atoms with Crippen LogP contribution in [0.25, 0.3) is 0 Å². The molecule has 0 saturated heterocycles. The number of carbonyl (C=O) groups is 1. The van der Waals surface area contributed by atoms with Crippen molar-refractivity contribution in [2.75, 3.05) is 7.11 Å². The fraction of sp³-hybridized carbons (Fsp3) is 0.600. The molecule has 0 aliphatic heterocycles. The van der Waals surface area contributed by atoms with E-state index in [-0.39, 0.29) is 17.3 Å². The van der Waals surface area contributed by atoms with Gasteiger partial charge in [-0.3, -0.25) is 9.79 Å². The van der Waals surface area contributed by atoms with Gasteiger partial charge in [-0.15, -0.1) is 0 Å². The number of rotatable bonds is 4. The molecule has 2 saturated carbocycles. The Morgan fingerprint density at radius 1 is 1.12 bits per heavy atom. The van der Waals surface area contributed by atoms with E-state index in [1.165, 1.54) is 12.8 Å². The molecule has 0 N–H and O–H groups in total. The number of Topliss-reactive ketones (excluding diaryl/α,β-unsaturated/α-hetero) is 1. The van der Waals surface area contributed by atoms with Crippen molar-refractivity contribution in [3.8, 4) is 11.5 Å². The third kappa shape index (κ3) is 4.16. The SMILES string of the molecule is COc1ccc(N=C2CC(=O)CC(C)(C)C2)cc1OC1CCCC1. The summed E-state index contributed by atoms with van der Waals surface area (Å²) >= 11 is 0. The highest BCUT2D eigenvalue weighted by Crippen LogP contribution is 2.37. The highest BCUT2D eigenvalue weighted by molar-refractivity contribution is 6.05. The minimum absolute atomic E-state index is 0.00378. The number of methoxy groups -OCH3 is 1. The van der Waals surface area contributed by atoms with Gasteiger partial charge < -0.3 is 9.47 Å². The van der Waals surface area contributed by atoms with Crippen molar-refractivity contribution in [2.24, 2.45) is 10.4 Å². The highest BCUT2D eigenvalue weighted by Gasteiger charge is 2.30. The molecule has 4 nitrogen and oxygen atoms in total. The van der Waals surface area contributed by atoms with Crippen LogP contribution < -0.4 is 9.47 Å². The van der Waals surface area contributed by atoms with Gasteiger partial charge in [0.2, 0.25) is 0 Å². The van der Waals surface area contributed by atoms with Gasteiger partial charge in [-0.05, 0) is 49.7 Å². The normalized spacial score (nSPS) is 22.8. The van der Waals surface area contributed by atoms with Gasteiger partial charge in [-0.2, -0.15) is 0 Å². The van der Waals surface area contributed by atoms with Gasteiger partial charge in [-0.25, -0.2) is 0 Å². The topological polar surface area (TPSA) is 47.9 Å². The molecule has 2 aliphatic carbocycles. The highest BCUT2D eigenvalue weighted by atomic mass is 16.5. The van der Waals surface area contributed by atoms with Gasteiger partial charge in [0.1, 0.15) is 5.78 Å². The van der Waals surface area contributed by atoms with E-state index >= 15 is 0 Å². The van der Waals surface area contributed by atoms with E-state index in [0.29, 0.717) is 12.8 Å². The largest absolute Gasteiger partial charge is 0.493 e. The first-order valence-electron chi connectivity index (χ1n) is 8.88. The van der Waals surface area contributed by atoms with E-state index in [9.17, 15) is 4.79 Å². The van der Waals surface area contributed by atoms with Crippen LogP contribution in [0.3, 0.4) is 0 Å². The van der Waals surface area contributed by atoms with Crippen LogP contribution in [0.15, 0.2) is 23.2 Å². The molecular weight excluding hydrogens is 302 g/mol. The van der Waals surface area contributed by atoms with Crippen molar-refractivity contribution in [2.45, 2.75) is 64.9 Å². The van der Waals surface area contributed by atoms with Crippen molar-refractivity contribution in [1.29, 1.82) is 0 Å². The van der Waals surface area contributed by atoms with Crippen molar-refractivity contribution >= 4 is 17.2 Å². The third-order valence-corrected chi connectivity index (χ3v) is 4.79. The molecular formula is C20H27NO3. The summed E-state index contributed by atoms with van der Waals surface area (Å²) in [6.45, 7) is 4.25. The summed E-state index contributed by atoms with van der Waals surface area (Å²) in [5.74, 6) is 1.78. The van der Waals surface area contributed by atoms with E-state index < -0.39 is 0 Å². The van der Waals surface area contributed by atoms with E-state index in [2.05, 4.69) is 13.8 Å². The van der Waals surface area contributed by atoms with Gasteiger partial charge in [0.25, 0.3) is 0 Å². The standard InChI is InChI=1S/C20H27NO3/c1-20(2)12-15(10-16(22)13-20)21-14-8-9-18(23-3)19(11-14)24-17-6-4-5-7-17/h8-9,11,17H,4-7,10,12-13H2,1-3H3. The first-order valence-corrected chi connectivity index (χ1v) is 8.88. The van der Waals surface area contributed by atoms with Gasteiger partial charge in [0, 0.05) is 24.6 Å². The lowest BCUT2D eigenvalue weighted by atomic mass is 9.76. The lowest BCUT2D eigenvalue weighted by molar-refractivity contribution is -0.120. The Labute approximate surface area is 144 Å². The molecule has 2 fully saturated rings. The minimum atomic E-state index is 0.00378. The van der Waals surface area contributed by atoms with Crippen LogP contribution in [0.1, 0.15) is 58.8 Å². The number of benzene rings is 1.